The van der Waals surface area contributed by atoms with Gasteiger partial charge >= 0.3 is 5.97 Å². The van der Waals surface area contributed by atoms with Crippen molar-refractivity contribution in [3.8, 4) is 5.69 Å². The molecule has 0 saturated carbocycles. The number of aromatic amines is 1. The van der Waals surface area contributed by atoms with Crippen molar-refractivity contribution in [1.29, 1.82) is 0 Å². The van der Waals surface area contributed by atoms with Gasteiger partial charge in [-0.05, 0) is 47.1 Å². The monoisotopic (exact) mass is 511 g/mol. The van der Waals surface area contributed by atoms with E-state index in [4.69, 9.17) is 16.3 Å². The molecule has 0 unspecified atom stereocenters. The first kappa shape index (κ1) is 20.9. The quantitative estimate of drug-likeness (QED) is 0.315. The molecule has 0 radical (unpaired) electrons. The summed E-state index contributed by atoms with van der Waals surface area (Å²) < 4.78 is 37.0. The van der Waals surface area contributed by atoms with Crippen LogP contribution in [0.25, 0.3) is 16.6 Å². The number of carbonyl (C=O) groups is 1. The lowest BCUT2D eigenvalue weighted by Gasteiger charge is -2.08. The third-order valence-electron chi connectivity index (χ3n) is 4.33. The molecule has 2 aromatic carbocycles. The highest BCUT2D eigenvalue weighted by molar-refractivity contribution is 9.10. The molecule has 0 aliphatic rings. The summed E-state index contributed by atoms with van der Waals surface area (Å²) in [6.07, 6.45) is 3.13. The Kier molecular flexibility index (Phi) is 5.86. The van der Waals surface area contributed by atoms with Crippen LogP contribution in [0.4, 0.5) is 8.78 Å². The van der Waals surface area contributed by atoms with Gasteiger partial charge in [-0.1, -0.05) is 29.4 Å². The Balaban J connectivity index is 1.90. The highest BCUT2D eigenvalue weighted by atomic mass is 79.9. The number of esters is 1. The van der Waals surface area contributed by atoms with Crippen molar-refractivity contribution in [2.24, 2.45) is 0 Å². The fourth-order valence-corrected chi connectivity index (χ4v) is 5.03. The first-order chi connectivity index (χ1) is 14.4. The Morgan fingerprint density at radius 2 is 2.10 bits per heavy atom. The van der Waals surface area contributed by atoms with E-state index < -0.39 is 17.6 Å². The van der Waals surface area contributed by atoms with Crippen molar-refractivity contribution in [3.05, 3.63) is 69.5 Å². The Morgan fingerprint density at radius 3 is 2.80 bits per heavy atom. The number of hydrogen-bond donors (Lipinski definition) is 1. The maximum absolute atomic E-state index is 15.0. The molecule has 4 aromatic rings. The van der Waals surface area contributed by atoms with Crippen LogP contribution in [0, 0.1) is 11.6 Å². The molecule has 0 fully saturated rings. The summed E-state index contributed by atoms with van der Waals surface area (Å²) in [6, 6.07) is 7.58. The Labute approximate surface area is 187 Å². The Bertz CT molecular complexity index is 1260. The molecule has 1 N–H and O–H groups in total. The summed E-state index contributed by atoms with van der Waals surface area (Å²) in [5.41, 5.74) is 0.631. The molecule has 0 aliphatic carbocycles. The zero-order chi connectivity index (χ0) is 21.4. The summed E-state index contributed by atoms with van der Waals surface area (Å²) in [7, 11) is 0. The average Bonchev–Trinajstić information content (AvgIpc) is 3.34. The molecule has 0 aliphatic heterocycles. The van der Waals surface area contributed by atoms with Gasteiger partial charge in [0.15, 0.2) is 11.6 Å². The van der Waals surface area contributed by atoms with Gasteiger partial charge in [-0.25, -0.2) is 13.6 Å². The second-order valence-corrected chi connectivity index (χ2v) is 8.32. The molecule has 0 bridgehead atoms. The summed E-state index contributed by atoms with van der Waals surface area (Å²) in [4.78, 5) is 12.8. The van der Waals surface area contributed by atoms with Crippen molar-refractivity contribution in [2.75, 3.05) is 6.61 Å². The molecule has 10 heteroatoms. The minimum atomic E-state index is -0.741. The van der Waals surface area contributed by atoms with Gasteiger partial charge in [0.25, 0.3) is 0 Å². The molecular weight excluding hydrogens is 500 g/mol. The topological polar surface area (TPSA) is 59.9 Å². The van der Waals surface area contributed by atoms with Crippen LogP contribution in [0.15, 0.2) is 57.1 Å². The van der Waals surface area contributed by atoms with Crippen LogP contribution in [0.2, 0.25) is 5.02 Å². The summed E-state index contributed by atoms with van der Waals surface area (Å²) in [6.45, 7) is 1.79. The zero-order valence-electron chi connectivity index (χ0n) is 15.4. The van der Waals surface area contributed by atoms with E-state index in [-0.39, 0.29) is 27.6 Å². The van der Waals surface area contributed by atoms with Crippen LogP contribution in [-0.4, -0.2) is 27.3 Å². The maximum atomic E-state index is 15.0. The predicted octanol–water partition coefficient (Wildman–Crippen LogP) is 6.38. The van der Waals surface area contributed by atoms with Gasteiger partial charge in [-0.3, -0.25) is 9.67 Å². The smallest absolute Gasteiger partial charge is 0.341 e. The molecule has 4 rings (SSSR count). The minimum Gasteiger partial charge on any atom is -0.462 e. The van der Waals surface area contributed by atoms with Gasteiger partial charge < -0.3 is 4.74 Å². The van der Waals surface area contributed by atoms with Crippen LogP contribution in [0.3, 0.4) is 0 Å². The number of fused-ring (bicyclic) bond motifs is 1. The molecule has 0 saturated heterocycles. The molecule has 30 heavy (non-hydrogen) atoms. The van der Waals surface area contributed by atoms with Gasteiger partial charge in [0.1, 0.15) is 4.60 Å². The zero-order valence-corrected chi connectivity index (χ0v) is 18.5. The fraction of sp³-hybridized carbons (Fsp3) is 0.100. The minimum absolute atomic E-state index is 0.0377. The maximum Gasteiger partial charge on any atom is 0.341 e. The van der Waals surface area contributed by atoms with Crippen molar-refractivity contribution >= 4 is 56.2 Å². The first-order valence-corrected chi connectivity index (χ1v) is 10.7. The lowest BCUT2D eigenvalue weighted by Crippen LogP contribution is -2.07. The molecule has 5 nitrogen and oxygen atoms in total. The van der Waals surface area contributed by atoms with E-state index in [1.54, 1.807) is 35.9 Å². The second kappa shape index (κ2) is 8.41. The lowest BCUT2D eigenvalue weighted by atomic mass is 10.2. The van der Waals surface area contributed by atoms with E-state index >= 15 is 4.39 Å². The summed E-state index contributed by atoms with van der Waals surface area (Å²) in [5, 5.41) is 7.09. The van der Waals surface area contributed by atoms with Gasteiger partial charge in [0.05, 0.1) is 39.5 Å². The molecule has 0 amide bonds. The normalized spacial score (nSPS) is 11.2. The number of halogens is 4. The van der Waals surface area contributed by atoms with Crippen LogP contribution < -0.4 is 0 Å². The van der Waals surface area contributed by atoms with E-state index in [0.717, 1.165) is 11.8 Å². The van der Waals surface area contributed by atoms with Crippen LogP contribution in [0.1, 0.15) is 17.3 Å². The highest BCUT2D eigenvalue weighted by Crippen LogP contribution is 2.45. The standard InChI is InChI=1S/C20H13BrClF2N3O2S/c1-2-29-20(28)11-4-3-5-14(15(11)23)30-18-12-6-7-13(22)16(24)17(12)27(19(18)21)10-8-25-26-9-10/h3-9H,2H2,1H3,(H,25,26). The number of nitrogens with one attached hydrogen (secondary N) is 1. The van der Waals surface area contributed by atoms with Crippen LogP contribution >= 0.6 is 39.3 Å². The summed E-state index contributed by atoms with van der Waals surface area (Å²) >= 11 is 10.6. The number of benzene rings is 2. The van der Waals surface area contributed by atoms with Crippen molar-refractivity contribution in [2.45, 2.75) is 16.7 Å². The lowest BCUT2D eigenvalue weighted by molar-refractivity contribution is 0.0520. The Morgan fingerprint density at radius 1 is 1.30 bits per heavy atom. The molecule has 0 atom stereocenters. The number of rotatable bonds is 5. The molecule has 2 heterocycles. The van der Waals surface area contributed by atoms with Gasteiger partial charge in [-0.2, -0.15) is 5.10 Å². The van der Waals surface area contributed by atoms with Crippen molar-refractivity contribution in [3.63, 3.8) is 0 Å². The number of aromatic nitrogens is 3. The molecule has 2 aromatic heterocycles. The SMILES string of the molecule is CCOC(=O)c1cccc(Sc2c(Br)n(-c3cn[nH]c3)c3c(F)c(Cl)ccc23)c1F. The van der Waals surface area contributed by atoms with Gasteiger partial charge in [0, 0.05) is 16.5 Å². The van der Waals surface area contributed by atoms with Crippen LogP contribution in [0.5, 0.6) is 0 Å². The number of carbonyl (C=O) groups excluding carboxylic acids is 1. The number of ether oxygens (including phenoxy) is 1. The largest absolute Gasteiger partial charge is 0.462 e. The van der Waals surface area contributed by atoms with Gasteiger partial charge in [-0.15, -0.1) is 0 Å². The molecule has 154 valence electrons. The Hall–Kier alpha value is -2.36. The number of H-pyrrole nitrogens is 1. The second-order valence-electron chi connectivity index (χ2n) is 6.11. The molecular formula is C20H13BrClF2N3O2S. The van der Waals surface area contributed by atoms with E-state index in [1.807, 2.05) is 0 Å². The van der Waals surface area contributed by atoms with Crippen LogP contribution in [-0.2, 0) is 4.74 Å². The van der Waals surface area contributed by atoms with E-state index in [2.05, 4.69) is 26.1 Å². The third kappa shape index (κ3) is 3.51. The molecule has 0 spiro atoms. The van der Waals surface area contributed by atoms with Crippen molar-refractivity contribution in [1.82, 2.24) is 14.8 Å². The third-order valence-corrected chi connectivity index (χ3v) is 6.79. The number of hydrogen-bond acceptors (Lipinski definition) is 4. The average molecular weight is 513 g/mol. The van der Waals surface area contributed by atoms with Crippen molar-refractivity contribution < 1.29 is 18.3 Å². The fourth-order valence-electron chi connectivity index (χ4n) is 3.02. The van der Waals surface area contributed by atoms with Gasteiger partial charge in [0.2, 0.25) is 0 Å². The number of nitrogens with zero attached hydrogens (tertiary/aromatic N) is 2. The van der Waals surface area contributed by atoms with E-state index in [1.165, 1.54) is 18.3 Å². The predicted molar refractivity (Wildman–Crippen MR) is 115 cm³/mol. The van der Waals surface area contributed by atoms with E-state index in [0.29, 0.717) is 20.6 Å². The highest BCUT2D eigenvalue weighted by Gasteiger charge is 2.24. The first-order valence-electron chi connectivity index (χ1n) is 8.74. The summed E-state index contributed by atoms with van der Waals surface area (Å²) in [5.74, 6) is -2.05. The van der Waals surface area contributed by atoms with E-state index in [9.17, 15) is 9.18 Å².